The van der Waals surface area contributed by atoms with Crippen LogP contribution in [0.25, 0.3) is 0 Å². The number of hydrogen-bond acceptors (Lipinski definition) is 5. The van der Waals surface area contributed by atoms with E-state index < -0.39 is 0 Å². The summed E-state index contributed by atoms with van der Waals surface area (Å²) in [6.45, 7) is 4.99. The minimum Gasteiger partial charge on any atom is -0.458 e. The summed E-state index contributed by atoms with van der Waals surface area (Å²) in [4.78, 5) is 18.2. The molecule has 1 aromatic rings. The average molecular weight is 291 g/mol. The second-order valence-electron chi connectivity index (χ2n) is 6.30. The van der Waals surface area contributed by atoms with Crippen molar-refractivity contribution in [1.29, 1.82) is 0 Å². The first-order valence-electron chi connectivity index (χ1n) is 7.85. The molecule has 0 saturated carbocycles. The fourth-order valence-corrected chi connectivity index (χ4v) is 3.54. The molecule has 4 rings (SSSR count). The highest BCUT2D eigenvalue weighted by Gasteiger charge is 2.43. The van der Waals surface area contributed by atoms with Gasteiger partial charge < -0.3 is 14.4 Å². The normalized spacial score (nSPS) is 31.8. The van der Waals surface area contributed by atoms with Crippen molar-refractivity contribution >= 4 is 0 Å². The predicted octanol–water partition coefficient (Wildman–Crippen LogP) is 1.09. The van der Waals surface area contributed by atoms with Crippen LogP contribution >= 0.6 is 0 Å². The quantitative estimate of drug-likeness (QED) is 0.816. The van der Waals surface area contributed by atoms with E-state index in [1.165, 1.54) is 19.3 Å². The van der Waals surface area contributed by atoms with E-state index >= 15 is 0 Å². The highest BCUT2D eigenvalue weighted by Crippen LogP contribution is 2.38. The van der Waals surface area contributed by atoms with Gasteiger partial charge in [-0.3, -0.25) is 9.36 Å². The van der Waals surface area contributed by atoms with E-state index in [9.17, 15) is 4.79 Å². The Kier molecular flexibility index (Phi) is 3.23. The molecule has 0 aromatic carbocycles. The SMILES string of the molecule is Cc1cn2c(nc1=O)O[C@@H]1C[C@H]2O[C@@H]1CN1CCCCC1. The van der Waals surface area contributed by atoms with Gasteiger partial charge in [0.15, 0.2) is 0 Å². The van der Waals surface area contributed by atoms with Crippen LogP contribution in [0.5, 0.6) is 6.01 Å². The summed E-state index contributed by atoms with van der Waals surface area (Å²) in [6.07, 6.45) is 6.58. The molecule has 0 amide bonds. The molecule has 3 aliphatic heterocycles. The van der Waals surface area contributed by atoms with Gasteiger partial charge in [0.2, 0.25) is 0 Å². The number of nitrogens with zero attached hydrogens (tertiary/aromatic N) is 3. The topological polar surface area (TPSA) is 56.6 Å². The largest absolute Gasteiger partial charge is 0.458 e. The van der Waals surface area contributed by atoms with Crippen molar-refractivity contribution in [3.63, 3.8) is 0 Å². The number of hydrogen-bond donors (Lipinski definition) is 0. The Balaban J connectivity index is 1.52. The minimum absolute atomic E-state index is 0.0199. The number of ether oxygens (including phenoxy) is 2. The van der Waals surface area contributed by atoms with E-state index in [-0.39, 0.29) is 24.0 Å². The van der Waals surface area contributed by atoms with Gasteiger partial charge in [-0.2, -0.15) is 4.98 Å². The number of piperidine rings is 1. The predicted molar refractivity (Wildman–Crippen MR) is 76.5 cm³/mol. The van der Waals surface area contributed by atoms with E-state index in [4.69, 9.17) is 9.47 Å². The first kappa shape index (κ1) is 13.3. The van der Waals surface area contributed by atoms with Crippen LogP contribution < -0.4 is 10.3 Å². The maximum atomic E-state index is 11.7. The fourth-order valence-electron chi connectivity index (χ4n) is 3.54. The summed E-state index contributed by atoms with van der Waals surface area (Å²) >= 11 is 0. The van der Waals surface area contributed by atoms with Crippen LogP contribution in [0.4, 0.5) is 0 Å². The number of likely N-dealkylation sites (tertiary alicyclic amines) is 1. The van der Waals surface area contributed by atoms with E-state index in [0.717, 1.165) is 26.1 Å². The smallest absolute Gasteiger partial charge is 0.302 e. The fraction of sp³-hybridized carbons (Fsp3) is 0.733. The van der Waals surface area contributed by atoms with E-state index in [1.54, 1.807) is 13.1 Å². The highest BCUT2D eigenvalue weighted by molar-refractivity contribution is 5.13. The van der Waals surface area contributed by atoms with Gasteiger partial charge in [-0.15, -0.1) is 0 Å². The minimum atomic E-state index is -0.213. The number of aryl methyl sites for hydroxylation is 1. The molecule has 4 heterocycles. The van der Waals surface area contributed by atoms with Crippen molar-refractivity contribution in [1.82, 2.24) is 14.5 Å². The van der Waals surface area contributed by atoms with Gasteiger partial charge in [-0.25, -0.2) is 0 Å². The number of aromatic nitrogens is 2. The molecule has 21 heavy (non-hydrogen) atoms. The Bertz CT molecular complexity index is 594. The summed E-state index contributed by atoms with van der Waals surface area (Å²) in [5.74, 6) is 0. The third kappa shape index (κ3) is 2.36. The molecule has 1 aromatic heterocycles. The number of fused-ring (bicyclic) bond motifs is 4. The molecule has 0 radical (unpaired) electrons. The van der Waals surface area contributed by atoms with E-state index in [2.05, 4.69) is 9.88 Å². The second kappa shape index (κ2) is 5.10. The lowest BCUT2D eigenvalue weighted by atomic mass is 10.1. The van der Waals surface area contributed by atoms with Crippen molar-refractivity contribution in [2.75, 3.05) is 19.6 Å². The van der Waals surface area contributed by atoms with Crippen molar-refractivity contribution < 1.29 is 9.47 Å². The Labute approximate surface area is 123 Å². The lowest BCUT2D eigenvalue weighted by molar-refractivity contribution is -0.0171. The van der Waals surface area contributed by atoms with Gasteiger partial charge in [0.05, 0.1) is 0 Å². The zero-order valence-corrected chi connectivity index (χ0v) is 12.3. The number of rotatable bonds is 2. The standard InChI is InChI=1S/C15H21N3O3/c1-10-8-18-13-7-11(21-15(18)16-14(10)19)12(20-13)9-17-5-3-2-4-6-17/h8,11-13H,2-7,9H2,1H3/t11-,12-,13-/m1/s1. The monoisotopic (exact) mass is 291 g/mol. The first-order chi connectivity index (χ1) is 10.2. The first-order valence-corrected chi connectivity index (χ1v) is 7.85. The zero-order chi connectivity index (χ0) is 14.4. The molecule has 0 aliphatic carbocycles. The molecule has 2 saturated heterocycles. The van der Waals surface area contributed by atoms with Crippen molar-refractivity contribution in [3.05, 3.63) is 22.1 Å². The molecule has 2 fully saturated rings. The van der Waals surface area contributed by atoms with Crippen LogP contribution in [0.2, 0.25) is 0 Å². The summed E-state index contributed by atoms with van der Waals surface area (Å²) < 4.78 is 13.9. The Morgan fingerprint density at radius 3 is 2.95 bits per heavy atom. The summed E-state index contributed by atoms with van der Waals surface area (Å²) in [6, 6.07) is 0.410. The van der Waals surface area contributed by atoms with Crippen LogP contribution in [-0.4, -0.2) is 46.3 Å². The molecular formula is C15H21N3O3. The molecular weight excluding hydrogens is 270 g/mol. The van der Waals surface area contributed by atoms with Crippen molar-refractivity contribution in [3.8, 4) is 6.01 Å². The van der Waals surface area contributed by atoms with Gasteiger partial charge in [-0.1, -0.05) is 6.42 Å². The average Bonchev–Trinajstić information content (AvgIpc) is 2.81. The van der Waals surface area contributed by atoms with Crippen LogP contribution in [0.3, 0.4) is 0 Å². The molecule has 0 unspecified atom stereocenters. The van der Waals surface area contributed by atoms with Crippen LogP contribution in [0.1, 0.15) is 37.5 Å². The Morgan fingerprint density at radius 1 is 1.33 bits per heavy atom. The molecule has 6 heteroatoms. The van der Waals surface area contributed by atoms with Crippen LogP contribution in [0.15, 0.2) is 11.0 Å². The Morgan fingerprint density at radius 2 is 2.14 bits per heavy atom. The molecule has 3 aliphatic rings. The Hall–Kier alpha value is -1.40. The van der Waals surface area contributed by atoms with Gasteiger partial charge >= 0.3 is 6.01 Å². The molecule has 3 atom stereocenters. The maximum Gasteiger partial charge on any atom is 0.302 e. The van der Waals surface area contributed by atoms with Gasteiger partial charge in [0.25, 0.3) is 5.56 Å². The van der Waals surface area contributed by atoms with Gasteiger partial charge in [-0.05, 0) is 32.9 Å². The van der Waals surface area contributed by atoms with E-state index in [1.807, 2.05) is 4.57 Å². The van der Waals surface area contributed by atoms with Crippen molar-refractivity contribution in [2.24, 2.45) is 0 Å². The molecule has 2 bridgehead atoms. The summed E-state index contributed by atoms with van der Waals surface area (Å²) in [5, 5.41) is 0. The van der Waals surface area contributed by atoms with Crippen molar-refractivity contribution in [2.45, 2.75) is 51.0 Å². The lowest BCUT2D eigenvalue weighted by Gasteiger charge is -2.30. The summed E-state index contributed by atoms with van der Waals surface area (Å²) in [5.41, 5.74) is 0.416. The maximum absolute atomic E-state index is 11.7. The van der Waals surface area contributed by atoms with Gasteiger partial charge in [0.1, 0.15) is 18.4 Å². The third-order valence-electron chi connectivity index (χ3n) is 4.72. The molecule has 0 spiro atoms. The van der Waals surface area contributed by atoms with Gasteiger partial charge in [0, 0.05) is 24.7 Å². The third-order valence-corrected chi connectivity index (χ3v) is 4.72. The lowest BCUT2D eigenvalue weighted by Crippen LogP contribution is -2.42. The second-order valence-corrected chi connectivity index (χ2v) is 6.30. The van der Waals surface area contributed by atoms with E-state index in [0.29, 0.717) is 11.6 Å². The zero-order valence-electron chi connectivity index (χ0n) is 12.3. The highest BCUT2D eigenvalue weighted by atomic mass is 16.6. The summed E-state index contributed by atoms with van der Waals surface area (Å²) in [7, 11) is 0. The van der Waals surface area contributed by atoms with Crippen LogP contribution in [-0.2, 0) is 4.74 Å². The van der Waals surface area contributed by atoms with Crippen LogP contribution in [0, 0.1) is 6.92 Å². The molecule has 0 N–H and O–H groups in total. The molecule has 6 nitrogen and oxygen atoms in total. The molecule has 114 valence electrons.